The van der Waals surface area contributed by atoms with E-state index in [9.17, 15) is 0 Å². The van der Waals surface area contributed by atoms with Gasteiger partial charge in [0.25, 0.3) is 0 Å². The Balaban J connectivity index is 3.51. The SMILES string of the molecule is CCOCC(C)NCCC(OCC)OCC. The van der Waals surface area contributed by atoms with Crippen molar-refractivity contribution < 1.29 is 14.2 Å². The predicted molar refractivity (Wildman–Crippen MR) is 65.6 cm³/mol. The van der Waals surface area contributed by atoms with Crippen LogP contribution in [0.25, 0.3) is 0 Å². The highest BCUT2D eigenvalue weighted by Crippen LogP contribution is 2.00. The van der Waals surface area contributed by atoms with E-state index in [1.54, 1.807) is 0 Å². The fraction of sp³-hybridized carbons (Fsp3) is 1.00. The van der Waals surface area contributed by atoms with Gasteiger partial charge in [-0.25, -0.2) is 0 Å². The third kappa shape index (κ3) is 9.09. The third-order valence-electron chi connectivity index (χ3n) is 2.15. The molecule has 0 bridgehead atoms. The molecule has 0 aromatic heterocycles. The van der Waals surface area contributed by atoms with E-state index in [0.717, 1.165) is 26.2 Å². The lowest BCUT2D eigenvalue weighted by molar-refractivity contribution is -0.138. The minimum absolute atomic E-state index is 0.0817. The van der Waals surface area contributed by atoms with Crippen molar-refractivity contribution in [2.45, 2.75) is 46.4 Å². The van der Waals surface area contributed by atoms with Crippen LogP contribution in [0.4, 0.5) is 0 Å². The quantitative estimate of drug-likeness (QED) is 0.552. The van der Waals surface area contributed by atoms with Crippen LogP contribution in [0.15, 0.2) is 0 Å². The predicted octanol–water partition coefficient (Wildman–Crippen LogP) is 1.79. The lowest BCUT2D eigenvalue weighted by atomic mass is 10.3. The number of rotatable bonds is 11. The van der Waals surface area contributed by atoms with Gasteiger partial charge in [0, 0.05) is 38.8 Å². The standard InChI is InChI=1S/C12H27NO3/c1-5-14-10-11(4)13-9-8-12(15-6-2)16-7-3/h11-13H,5-10H2,1-4H3. The molecule has 0 rings (SSSR count). The van der Waals surface area contributed by atoms with Gasteiger partial charge in [0.1, 0.15) is 0 Å². The Morgan fingerprint density at radius 1 is 1.00 bits per heavy atom. The Hall–Kier alpha value is -0.160. The summed E-state index contributed by atoms with van der Waals surface area (Å²) in [6.45, 7) is 11.9. The maximum atomic E-state index is 5.45. The smallest absolute Gasteiger partial charge is 0.158 e. The molecule has 0 aliphatic heterocycles. The van der Waals surface area contributed by atoms with Gasteiger partial charge in [-0.05, 0) is 27.7 Å². The number of nitrogens with one attached hydrogen (secondary N) is 1. The highest BCUT2D eigenvalue weighted by atomic mass is 16.7. The first-order valence-corrected chi connectivity index (χ1v) is 6.28. The lowest BCUT2D eigenvalue weighted by Crippen LogP contribution is -2.33. The van der Waals surface area contributed by atoms with Crippen LogP contribution in [0, 0.1) is 0 Å². The summed E-state index contributed by atoms with van der Waals surface area (Å²) >= 11 is 0. The van der Waals surface area contributed by atoms with Gasteiger partial charge in [0.05, 0.1) is 6.61 Å². The third-order valence-corrected chi connectivity index (χ3v) is 2.15. The molecule has 4 heteroatoms. The molecule has 0 heterocycles. The van der Waals surface area contributed by atoms with Crippen molar-refractivity contribution in [2.24, 2.45) is 0 Å². The number of hydrogen-bond acceptors (Lipinski definition) is 4. The van der Waals surface area contributed by atoms with Crippen molar-refractivity contribution in [1.82, 2.24) is 5.32 Å². The molecule has 0 saturated carbocycles. The van der Waals surface area contributed by atoms with Gasteiger partial charge >= 0.3 is 0 Å². The van der Waals surface area contributed by atoms with Gasteiger partial charge in [0.15, 0.2) is 6.29 Å². The Kier molecular flexibility index (Phi) is 11.2. The summed E-state index contributed by atoms with van der Waals surface area (Å²) in [5.41, 5.74) is 0. The molecule has 16 heavy (non-hydrogen) atoms. The van der Waals surface area contributed by atoms with E-state index in [4.69, 9.17) is 14.2 Å². The van der Waals surface area contributed by atoms with Crippen LogP contribution in [-0.4, -0.2) is 45.3 Å². The van der Waals surface area contributed by atoms with Gasteiger partial charge in [-0.1, -0.05) is 0 Å². The average Bonchev–Trinajstić information content (AvgIpc) is 2.27. The van der Waals surface area contributed by atoms with Crippen LogP contribution >= 0.6 is 0 Å². The molecule has 0 amide bonds. The fourth-order valence-corrected chi connectivity index (χ4v) is 1.39. The molecule has 1 atom stereocenters. The van der Waals surface area contributed by atoms with Gasteiger partial charge in [-0.2, -0.15) is 0 Å². The molecule has 0 saturated heterocycles. The molecule has 0 fully saturated rings. The Morgan fingerprint density at radius 3 is 2.12 bits per heavy atom. The maximum Gasteiger partial charge on any atom is 0.158 e. The summed E-state index contributed by atoms with van der Waals surface area (Å²) in [5.74, 6) is 0. The van der Waals surface area contributed by atoms with E-state index in [1.807, 2.05) is 20.8 Å². The van der Waals surface area contributed by atoms with Crippen molar-refractivity contribution in [3.63, 3.8) is 0 Å². The Bertz CT molecular complexity index is 138. The molecule has 1 unspecified atom stereocenters. The van der Waals surface area contributed by atoms with Crippen molar-refractivity contribution in [2.75, 3.05) is 33.0 Å². The van der Waals surface area contributed by atoms with Crippen molar-refractivity contribution >= 4 is 0 Å². The molecule has 0 aliphatic rings. The first-order valence-electron chi connectivity index (χ1n) is 6.28. The highest BCUT2D eigenvalue weighted by Gasteiger charge is 2.08. The zero-order valence-electron chi connectivity index (χ0n) is 11.1. The minimum atomic E-state index is -0.0817. The first kappa shape index (κ1) is 15.8. The molecular weight excluding hydrogens is 206 g/mol. The maximum absolute atomic E-state index is 5.45. The molecule has 0 aliphatic carbocycles. The normalized spacial score (nSPS) is 13.3. The Morgan fingerprint density at radius 2 is 1.62 bits per heavy atom. The molecular formula is C12H27NO3. The zero-order valence-corrected chi connectivity index (χ0v) is 11.1. The summed E-state index contributed by atoms with van der Waals surface area (Å²) < 4.78 is 16.2. The summed E-state index contributed by atoms with van der Waals surface area (Å²) in [6, 6.07) is 0.379. The largest absolute Gasteiger partial charge is 0.380 e. The lowest BCUT2D eigenvalue weighted by Gasteiger charge is -2.19. The molecule has 0 radical (unpaired) electrons. The summed E-state index contributed by atoms with van der Waals surface area (Å²) in [4.78, 5) is 0. The molecule has 0 aromatic carbocycles. The molecule has 4 nitrogen and oxygen atoms in total. The second kappa shape index (κ2) is 11.3. The Labute approximate surface area is 99.6 Å². The van der Waals surface area contributed by atoms with Crippen LogP contribution in [0.5, 0.6) is 0 Å². The monoisotopic (exact) mass is 233 g/mol. The van der Waals surface area contributed by atoms with Gasteiger partial charge in [-0.3, -0.25) is 0 Å². The second-order valence-electron chi connectivity index (χ2n) is 3.64. The van der Waals surface area contributed by atoms with E-state index in [0.29, 0.717) is 19.3 Å². The minimum Gasteiger partial charge on any atom is -0.380 e. The van der Waals surface area contributed by atoms with Crippen molar-refractivity contribution in [1.29, 1.82) is 0 Å². The summed E-state index contributed by atoms with van der Waals surface area (Å²) in [7, 11) is 0. The summed E-state index contributed by atoms with van der Waals surface area (Å²) in [6.07, 6.45) is 0.791. The van der Waals surface area contributed by atoms with E-state index < -0.39 is 0 Å². The van der Waals surface area contributed by atoms with Crippen molar-refractivity contribution in [3.8, 4) is 0 Å². The van der Waals surface area contributed by atoms with E-state index in [1.165, 1.54) is 0 Å². The van der Waals surface area contributed by atoms with Crippen LogP contribution in [0.2, 0.25) is 0 Å². The number of hydrogen-bond donors (Lipinski definition) is 1. The van der Waals surface area contributed by atoms with Crippen LogP contribution in [0.3, 0.4) is 0 Å². The van der Waals surface area contributed by atoms with E-state index in [2.05, 4.69) is 12.2 Å². The average molecular weight is 233 g/mol. The fourth-order valence-electron chi connectivity index (χ4n) is 1.39. The van der Waals surface area contributed by atoms with E-state index in [-0.39, 0.29) is 6.29 Å². The van der Waals surface area contributed by atoms with Crippen LogP contribution in [0.1, 0.15) is 34.1 Å². The van der Waals surface area contributed by atoms with E-state index >= 15 is 0 Å². The van der Waals surface area contributed by atoms with Crippen molar-refractivity contribution in [3.05, 3.63) is 0 Å². The first-order chi connectivity index (χ1) is 7.74. The zero-order chi connectivity index (χ0) is 12.2. The number of ether oxygens (including phenoxy) is 3. The molecule has 0 aromatic rings. The van der Waals surface area contributed by atoms with Gasteiger partial charge in [-0.15, -0.1) is 0 Å². The van der Waals surface area contributed by atoms with Gasteiger partial charge < -0.3 is 19.5 Å². The molecule has 0 spiro atoms. The molecule has 98 valence electrons. The second-order valence-corrected chi connectivity index (χ2v) is 3.64. The highest BCUT2D eigenvalue weighted by molar-refractivity contribution is 4.60. The van der Waals surface area contributed by atoms with Crippen LogP contribution in [-0.2, 0) is 14.2 Å². The molecule has 1 N–H and O–H groups in total. The summed E-state index contributed by atoms with van der Waals surface area (Å²) in [5, 5.41) is 3.38. The van der Waals surface area contributed by atoms with Crippen LogP contribution < -0.4 is 5.32 Å². The van der Waals surface area contributed by atoms with Gasteiger partial charge in [0.2, 0.25) is 0 Å². The topological polar surface area (TPSA) is 39.7 Å².